The van der Waals surface area contributed by atoms with Gasteiger partial charge in [-0.3, -0.25) is 19.1 Å². The predicted octanol–water partition coefficient (Wildman–Crippen LogP) is 0.794. The summed E-state index contributed by atoms with van der Waals surface area (Å²) in [7, 11) is -3.95. The van der Waals surface area contributed by atoms with Crippen molar-refractivity contribution in [3.8, 4) is 0 Å². The monoisotopic (exact) mass is 598 g/mol. The van der Waals surface area contributed by atoms with E-state index in [4.69, 9.17) is 4.74 Å². The molecule has 0 aromatic heterocycles. The first kappa shape index (κ1) is 32.5. The lowest BCUT2D eigenvalue weighted by Crippen LogP contribution is -2.57. The van der Waals surface area contributed by atoms with Gasteiger partial charge >= 0.3 is 6.09 Å². The molecule has 0 unspecified atom stereocenters. The second-order valence-corrected chi connectivity index (χ2v) is 13.8. The summed E-state index contributed by atoms with van der Waals surface area (Å²) in [6, 6.07) is -1.89. The number of likely N-dealkylation sites (tertiary alicyclic amines) is 1. The highest BCUT2D eigenvalue weighted by molar-refractivity contribution is 7.91. The molecule has 230 valence electrons. The maximum atomic E-state index is 13.5. The Balaban J connectivity index is 1.73. The van der Waals surface area contributed by atoms with Gasteiger partial charge in [0.1, 0.15) is 11.6 Å². The van der Waals surface area contributed by atoms with Gasteiger partial charge in [0.2, 0.25) is 21.8 Å². The Morgan fingerprint density at radius 3 is 2.39 bits per heavy atom. The van der Waals surface area contributed by atoms with Gasteiger partial charge in [0.05, 0.1) is 35.5 Å². The minimum Gasteiger partial charge on any atom is -0.465 e. The summed E-state index contributed by atoms with van der Waals surface area (Å²) in [5.41, 5.74) is -1.54. The number of rotatable bonds is 15. The number of aliphatic hydroxyl groups is 1. The molecule has 0 aromatic carbocycles. The lowest BCUT2D eigenvalue weighted by Gasteiger charge is -2.31. The number of amides is 4. The Kier molecular flexibility index (Phi) is 9.92. The molecule has 3 aliphatic rings. The number of aliphatic hydroxyl groups excluding tert-OH is 1. The summed E-state index contributed by atoms with van der Waals surface area (Å²) in [4.78, 5) is 52.5. The van der Waals surface area contributed by atoms with Crippen LogP contribution in [-0.2, 0) is 29.1 Å². The number of carboxylic acid groups (broad SMARTS) is 1. The van der Waals surface area contributed by atoms with Crippen molar-refractivity contribution in [3.05, 3.63) is 25.3 Å². The molecule has 0 bridgehead atoms. The van der Waals surface area contributed by atoms with Gasteiger partial charge in [-0.05, 0) is 52.9 Å². The second-order valence-electron chi connectivity index (χ2n) is 11.6. The Morgan fingerprint density at radius 1 is 1.20 bits per heavy atom. The zero-order valence-electron chi connectivity index (χ0n) is 23.8. The quantitative estimate of drug-likeness (QED) is 0.170. The van der Waals surface area contributed by atoms with E-state index >= 15 is 0 Å². The summed E-state index contributed by atoms with van der Waals surface area (Å²) >= 11 is 0. The topological polar surface area (TPSA) is 191 Å². The third-order valence-electron chi connectivity index (χ3n) is 8.25. The van der Waals surface area contributed by atoms with Crippen molar-refractivity contribution in [3.63, 3.8) is 0 Å². The van der Waals surface area contributed by atoms with Crippen LogP contribution in [0.5, 0.6) is 0 Å². The molecule has 14 heteroatoms. The van der Waals surface area contributed by atoms with Crippen molar-refractivity contribution in [1.82, 2.24) is 20.3 Å². The molecule has 1 saturated heterocycles. The van der Waals surface area contributed by atoms with Gasteiger partial charge in [0.15, 0.2) is 0 Å². The van der Waals surface area contributed by atoms with E-state index in [1.807, 2.05) is 0 Å². The van der Waals surface area contributed by atoms with Crippen molar-refractivity contribution in [2.24, 2.45) is 5.92 Å². The number of sulfonamides is 1. The van der Waals surface area contributed by atoms with Gasteiger partial charge in [0.25, 0.3) is 5.91 Å². The van der Waals surface area contributed by atoms with E-state index in [1.165, 1.54) is 11.0 Å². The minimum absolute atomic E-state index is 0.0887. The number of ether oxygens (including phenoxy) is 1. The first-order chi connectivity index (χ1) is 19.1. The minimum atomic E-state index is -3.95. The van der Waals surface area contributed by atoms with Gasteiger partial charge < -0.3 is 30.5 Å². The van der Waals surface area contributed by atoms with E-state index in [0.717, 1.165) is 0 Å². The molecular formula is C27H42N4O9S. The van der Waals surface area contributed by atoms with E-state index in [2.05, 4.69) is 28.5 Å². The molecule has 5 N–H and O–H groups in total. The van der Waals surface area contributed by atoms with Crippen LogP contribution in [0.25, 0.3) is 0 Å². The molecule has 3 fully saturated rings. The molecule has 2 saturated carbocycles. The lowest BCUT2D eigenvalue weighted by molar-refractivity contribution is -0.143. The highest BCUT2D eigenvalue weighted by atomic mass is 32.2. The van der Waals surface area contributed by atoms with Crippen LogP contribution >= 0.6 is 0 Å². The largest absolute Gasteiger partial charge is 0.465 e. The van der Waals surface area contributed by atoms with Crippen LogP contribution in [0.15, 0.2) is 25.3 Å². The van der Waals surface area contributed by atoms with E-state index in [0.29, 0.717) is 25.7 Å². The summed E-state index contributed by atoms with van der Waals surface area (Å²) in [5.74, 6) is -2.63. The summed E-state index contributed by atoms with van der Waals surface area (Å²) < 4.78 is 32.4. The molecular weight excluding hydrogens is 556 g/mol. The van der Waals surface area contributed by atoms with E-state index in [1.54, 1.807) is 26.8 Å². The fraction of sp³-hybridized carbons (Fsp3) is 0.704. The van der Waals surface area contributed by atoms with E-state index in [9.17, 15) is 37.8 Å². The first-order valence-corrected chi connectivity index (χ1v) is 15.3. The average Bonchev–Trinajstić information content (AvgIpc) is 3.77. The molecule has 0 radical (unpaired) electrons. The maximum absolute atomic E-state index is 13.5. The van der Waals surface area contributed by atoms with Crippen LogP contribution in [0.2, 0.25) is 0 Å². The SMILES string of the molecule is C=CCC[C@@H](C)O[C@H](CC(=O)N1C[C@H](O)C[C@H]1C(=O)N[C@]1(C(=O)NS(=O)(=O)C2(C)CC2)C[C@H]1C=C)[C@H](C)NC(=O)O. The number of nitrogens with zero attached hydrogens (tertiary/aromatic N) is 1. The van der Waals surface area contributed by atoms with Crippen LogP contribution < -0.4 is 15.4 Å². The second kappa shape index (κ2) is 12.5. The number of carbonyl (C=O) groups is 4. The lowest BCUT2D eigenvalue weighted by atomic mass is 10.1. The number of nitrogens with one attached hydrogen (secondary N) is 3. The van der Waals surface area contributed by atoms with Gasteiger partial charge in [-0.25, -0.2) is 13.2 Å². The average molecular weight is 599 g/mol. The highest BCUT2D eigenvalue weighted by Gasteiger charge is 2.62. The van der Waals surface area contributed by atoms with E-state index in [-0.39, 0.29) is 31.9 Å². The van der Waals surface area contributed by atoms with Crippen LogP contribution in [0.1, 0.15) is 65.7 Å². The molecule has 1 aliphatic heterocycles. The zero-order chi connectivity index (χ0) is 30.8. The van der Waals surface area contributed by atoms with Crippen LogP contribution in [-0.4, -0.2) is 94.6 Å². The fourth-order valence-electron chi connectivity index (χ4n) is 5.10. The molecule has 2 aliphatic carbocycles. The number of allylic oxidation sites excluding steroid dienone is 1. The standard InChI is InChI=1S/C27H42N4O9S/c1-6-8-9-16(3)40-21(17(4)28-25(36)37)13-22(33)31-15-19(32)12-20(31)23(34)29-27(14-18(27)7-2)24(35)30-41(38,39)26(5)10-11-26/h6-7,16-21,28,32H,1-2,8-15H2,3-5H3,(H,29,34)(H,30,35)(H,36,37)/t16-,17+,18-,19-,20+,21-,27-/m1/s1. The molecule has 0 aromatic rings. The number of hydrogen-bond acceptors (Lipinski definition) is 8. The Morgan fingerprint density at radius 2 is 1.85 bits per heavy atom. The molecule has 13 nitrogen and oxygen atoms in total. The fourth-order valence-corrected chi connectivity index (χ4v) is 6.41. The number of hydrogen-bond donors (Lipinski definition) is 5. The van der Waals surface area contributed by atoms with Crippen LogP contribution in [0, 0.1) is 5.92 Å². The summed E-state index contributed by atoms with van der Waals surface area (Å²) in [6.45, 7) is 12.1. The summed E-state index contributed by atoms with van der Waals surface area (Å²) in [6.07, 6.45) is 1.61. The normalized spacial score (nSPS) is 28.5. The number of carbonyl (C=O) groups excluding carboxylic acids is 3. The molecule has 3 rings (SSSR count). The molecule has 41 heavy (non-hydrogen) atoms. The predicted molar refractivity (Wildman–Crippen MR) is 149 cm³/mol. The van der Waals surface area contributed by atoms with Crippen molar-refractivity contribution in [2.75, 3.05) is 6.54 Å². The van der Waals surface area contributed by atoms with E-state index < -0.39 is 74.3 Å². The van der Waals surface area contributed by atoms with Crippen LogP contribution in [0.3, 0.4) is 0 Å². The third-order valence-corrected chi connectivity index (χ3v) is 10.4. The highest BCUT2D eigenvalue weighted by Crippen LogP contribution is 2.47. The van der Waals surface area contributed by atoms with Crippen molar-refractivity contribution in [2.45, 2.75) is 106 Å². The maximum Gasteiger partial charge on any atom is 0.404 e. The molecule has 4 amide bonds. The first-order valence-electron chi connectivity index (χ1n) is 13.8. The van der Waals surface area contributed by atoms with Crippen molar-refractivity contribution in [1.29, 1.82) is 0 Å². The third kappa shape index (κ3) is 7.46. The van der Waals surface area contributed by atoms with Gasteiger partial charge in [-0.15, -0.1) is 13.2 Å². The van der Waals surface area contributed by atoms with Crippen molar-refractivity contribution >= 4 is 33.8 Å². The van der Waals surface area contributed by atoms with Crippen molar-refractivity contribution < 1.29 is 42.5 Å². The summed E-state index contributed by atoms with van der Waals surface area (Å²) in [5, 5.41) is 24.5. The van der Waals surface area contributed by atoms with Gasteiger partial charge in [-0.1, -0.05) is 12.2 Å². The molecule has 0 spiro atoms. The molecule has 7 atom stereocenters. The zero-order valence-corrected chi connectivity index (χ0v) is 24.6. The Bertz CT molecular complexity index is 1170. The molecule has 1 heterocycles. The number of β-amino-alcohol motifs (C(OH)–C–C–N with tert-alkyl or cyclic N) is 1. The smallest absolute Gasteiger partial charge is 0.404 e. The van der Waals surface area contributed by atoms with Gasteiger partial charge in [-0.2, -0.15) is 0 Å². The Labute approximate surface area is 240 Å². The van der Waals surface area contributed by atoms with Crippen LogP contribution in [0.4, 0.5) is 4.79 Å². The Hall–Kier alpha value is -2.97. The van der Waals surface area contributed by atoms with Gasteiger partial charge in [0, 0.05) is 18.9 Å².